The summed E-state index contributed by atoms with van der Waals surface area (Å²) in [7, 11) is 0. The molecule has 1 aliphatic rings. The van der Waals surface area contributed by atoms with Gasteiger partial charge in [-0.15, -0.1) is 11.8 Å². The molecular formula is C13H19ClNS+. The summed E-state index contributed by atoms with van der Waals surface area (Å²) in [4.78, 5) is 1.33. The summed E-state index contributed by atoms with van der Waals surface area (Å²) < 4.78 is 0. The van der Waals surface area contributed by atoms with Crippen LogP contribution in [0.3, 0.4) is 0 Å². The summed E-state index contributed by atoms with van der Waals surface area (Å²) >= 11 is 7.80. The number of hydrogen-bond donors (Lipinski definition) is 1. The summed E-state index contributed by atoms with van der Waals surface area (Å²) in [5, 5.41) is 3.34. The van der Waals surface area contributed by atoms with Gasteiger partial charge in [-0.3, -0.25) is 0 Å². The van der Waals surface area contributed by atoms with E-state index in [9.17, 15) is 0 Å². The van der Waals surface area contributed by atoms with Gasteiger partial charge in [0.05, 0.1) is 12.6 Å². The van der Waals surface area contributed by atoms with Crippen LogP contribution in [0, 0.1) is 0 Å². The number of halogens is 1. The molecule has 0 amide bonds. The Kier molecular flexibility index (Phi) is 5.01. The predicted molar refractivity (Wildman–Crippen MR) is 71.2 cm³/mol. The molecule has 1 saturated heterocycles. The normalized spacial score (nSPS) is 20.9. The van der Waals surface area contributed by atoms with E-state index in [4.69, 9.17) is 11.6 Å². The van der Waals surface area contributed by atoms with Crippen molar-refractivity contribution in [2.45, 2.75) is 36.6 Å². The van der Waals surface area contributed by atoms with E-state index in [1.165, 1.54) is 42.9 Å². The molecule has 1 aromatic carbocycles. The van der Waals surface area contributed by atoms with E-state index in [0.717, 1.165) is 11.1 Å². The van der Waals surface area contributed by atoms with Crippen LogP contribution in [0.15, 0.2) is 29.2 Å². The van der Waals surface area contributed by atoms with Crippen molar-refractivity contribution in [3.05, 3.63) is 29.3 Å². The molecule has 0 saturated carbocycles. The molecule has 0 radical (unpaired) electrons. The van der Waals surface area contributed by atoms with E-state index in [1.54, 1.807) is 0 Å². The molecule has 0 unspecified atom stereocenters. The minimum atomic E-state index is 0.824. The largest absolute Gasteiger partial charge is 0.344 e. The minimum Gasteiger partial charge on any atom is -0.344 e. The maximum Gasteiger partial charge on any atom is 0.0867 e. The first-order valence-corrected chi connectivity index (χ1v) is 7.42. The van der Waals surface area contributed by atoms with Crippen molar-refractivity contribution in [2.75, 3.05) is 12.3 Å². The smallest absolute Gasteiger partial charge is 0.0867 e. The van der Waals surface area contributed by atoms with Crippen molar-refractivity contribution < 1.29 is 5.32 Å². The lowest BCUT2D eigenvalue weighted by molar-refractivity contribution is -0.697. The van der Waals surface area contributed by atoms with Crippen LogP contribution in [0.4, 0.5) is 0 Å². The molecule has 88 valence electrons. The Balaban J connectivity index is 1.69. The van der Waals surface area contributed by atoms with E-state index in [0.29, 0.717) is 0 Å². The summed E-state index contributed by atoms with van der Waals surface area (Å²) in [6.45, 7) is 1.33. The molecule has 0 bridgehead atoms. The Labute approximate surface area is 107 Å². The van der Waals surface area contributed by atoms with Crippen molar-refractivity contribution in [3.8, 4) is 0 Å². The summed E-state index contributed by atoms with van der Waals surface area (Å²) in [5.41, 5.74) is 0. The summed E-state index contributed by atoms with van der Waals surface area (Å²) in [6, 6.07) is 9.02. The Morgan fingerprint density at radius 3 is 2.75 bits per heavy atom. The number of rotatable bonds is 4. The van der Waals surface area contributed by atoms with Crippen LogP contribution < -0.4 is 5.32 Å². The summed E-state index contributed by atoms with van der Waals surface area (Å²) in [5.74, 6) is 1.22. The number of hydrogen-bond acceptors (Lipinski definition) is 1. The number of benzene rings is 1. The maximum absolute atomic E-state index is 5.85. The molecule has 1 nitrogen and oxygen atoms in total. The lowest BCUT2D eigenvalue weighted by Crippen LogP contribution is -2.91. The molecule has 1 atom stereocenters. The zero-order valence-electron chi connectivity index (χ0n) is 9.49. The quantitative estimate of drug-likeness (QED) is 0.820. The molecule has 2 N–H and O–H groups in total. The van der Waals surface area contributed by atoms with Gasteiger partial charge in [-0.1, -0.05) is 11.6 Å². The first-order valence-electron chi connectivity index (χ1n) is 6.06. The highest BCUT2D eigenvalue weighted by molar-refractivity contribution is 7.99. The lowest BCUT2D eigenvalue weighted by atomic mass is 10.0. The number of nitrogens with two attached hydrogens (primary N) is 1. The standard InChI is InChI=1S/C13H18ClNS/c14-11-4-6-13(7-5-11)16-10-8-12-3-1-2-9-15-12/h4-7,12,15H,1-3,8-10H2/p+1/t12-/m1/s1. The number of quaternary nitrogens is 1. The van der Waals surface area contributed by atoms with Crippen molar-refractivity contribution in [2.24, 2.45) is 0 Å². The Hall–Kier alpha value is -0.180. The van der Waals surface area contributed by atoms with Crippen molar-refractivity contribution in [1.29, 1.82) is 0 Å². The monoisotopic (exact) mass is 256 g/mol. The molecule has 0 aliphatic carbocycles. The molecule has 2 rings (SSSR count). The molecule has 0 aromatic heterocycles. The van der Waals surface area contributed by atoms with E-state index < -0.39 is 0 Å². The van der Waals surface area contributed by atoms with Crippen LogP contribution in [-0.2, 0) is 0 Å². The van der Waals surface area contributed by atoms with Gasteiger partial charge in [-0.2, -0.15) is 0 Å². The molecule has 0 spiro atoms. The fourth-order valence-corrected chi connectivity index (χ4v) is 3.25. The fraction of sp³-hybridized carbons (Fsp3) is 0.538. The number of piperidine rings is 1. The van der Waals surface area contributed by atoms with Crippen LogP contribution >= 0.6 is 23.4 Å². The van der Waals surface area contributed by atoms with Gasteiger partial charge < -0.3 is 5.32 Å². The van der Waals surface area contributed by atoms with Crippen LogP contribution in [0.5, 0.6) is 0 Å². The third-order valence-electron chi connectivity index (χ3n) is 3.10. The molecule has 1 aliphatic heterocycles. The van der Waals surface area contributed by atoms with E-state index >= 15 is 0 Å². The summed E-state index contributed by atoms with van der Waals surface area (Å²) in [6.07, 6.45) is 5.56. The van der Waals surface area contributed by atoms with Gasteiger partial charge in [-0.05, 0) is 43.5 Å². The highest BCUT2D eigenvalue weighted by atomic mass is 35.5. The zero-order valence-corrected chi connectivity index (χ0v) is 11.1. The maximum atomic E-state index is 5.85. The first kappa shape index (κ1) is 12.3. The zero-order chi connectivity index (χ0) is 11.2. The molecule has 16 heavy (non-hydrogen) atoms. The highest BCUT2D eigenvalue weighted by Crippen LogP contribution is 2.21. The van der Waals surface area contributed by atoms with Gasteiger partial charge in [0.25, 0.3) is 0 Å². The van der Waals surface area contributed by atoms with Crippen molar-refractivity contribution >= 4 is 23.4 Å². The van der Waals surface area contributed by atoms with Gasteiger partial charge >= 0.3 is 0 Å². The van der Waals surface area contributed by atoms with Gasteiger partial charge in [-0.25, -0.2) is 0 Å². The second-order valence-corrected chi connectivity index (χ2v) is 5.98. The molecule has 1 aromatic rings. The molecule has 1 heterocycles. The van der Waals surface area contributed by atoms with E-state index in [-0.39, 0.29) is 0 Å². The van der Waals surface area contributed by atoms with Crippen LogP contribution in [0.2, 0.25) is 5.02 Å². The third kappa shape index (κ3) is 4.00. The van der Waals surface area contributed by atoms with Gasteiger partial charge in [0.1, 0.15) is 0 Å². The van der Waals surface area contributed by atoms with Gasteiger partial charge in [0.15, 0.2) is 0 Å². The van der Waals surface area contributed by atoms with Crippen LogP contribution in [0.1, 0.15) is 25.7 Å². The molecule has 1 fully saturated rings. The van der Waals surface area contributed by atoms with E-state index in [1.807, 2.05) is 23.9 Å². The molecule has 3 heteroatoms. The van der Waals surface area contributed by atoms with Crippen LogP contribution in [-0.4, -0.2) is 18.3 Å². The first-order chi connectivity index (χ1) is 7.84. The second kappa shape index (κ2) is 6.53. The SMILES string of the molecule is Clc1ccc(SCC[C@H]2CCCC[NH2+]2)cc1. The average Bonchev–Trinajstić information content (AvgIpc) is 2.33. The van der Waals surface area contributed by atoms with Crippen molar-refractivity contribution in [3.63, 3.8) is 0 Å². The minimum absolute atomic E-state index is 0.824. The fourth-order valence-electron chi connectivity index (χ4n) is 2.14. The topological polar surface area (TPSA) is 16.6 Å². The Morgan fingerprint density at radius 2 is 2.06 bits per heavy atom. The third-order valence-corrected chi connectivity index (χ3v) is 4.40. The van der Waals surface area contributed by atoms with Gasteiger partial charge in [0, 0.05) is 22.1 Å². The molecular weight excluding hydrogens is 238 g/mol. The van der Waals surface area contributed by atoms with E-state index in [2.05, 4.69) is 17.4 Å². The Bertz CT molecular complexity index is 306. The van der Waals surface area contributed by atoms with Crippen LogP contribution in [0.25, 0.3) is 0 Å². The predicted octanol–water partition coefficient (Wildman–Crippen LogP) is 2.94. The number of thioether (sulfide) groups is 1. The second-order valence-electron chi connectivity index (χ2n) is 4.37. The average molecular weight is 257 g/mol. The Morgan fingerprint density at radius 1 is 1.25 bits per heavy atom. The van der Waals surface area contributed by atoms with Gasteiger partial charge in [0.2, 0.25) is 0 Å². The van der Waals surface area contributed by atoms with Crippen molar-refractivity contribution in [1.82, 2.24) is 0 Å². The highest BCUT2D eigenvalue weighted by Gasteiger charge is 2.15. The lowest BCUT2D eigenvalue weighted by Gasteiger charge is -2.19.